The number of nitrogens with one attached hydrogen (secondary N) is 1. The first-order valence-corrected chi connectivity index (χ1v) is 6.44. The molecule has 1 heterocycles. The molecule has 1 saturated heterocycles. The van der Waals surface area contributed by atoms with Gasteiger partial charge >= 0.3 is 0 Å². The Labute approximate surface area is 104 Å². The fraction of sp³-hybridized carbons (Fsp3) is 0.923. The van der Waals surface area contributed by atoms with Crippen molar-refractivity contribution in [3.05, 3.63) is 0 Å². The van der Waals surface area contributed by atoms with Crippen LogP contribution in [0.25, 0.3) is 0 Å². The van der Waals surface area contributed by atoms with Gasteiger partial charge < -0.3 is 9.47 Å². The molecule has 1 N–H and O–H groups in total. The molecule has 0 aliphatic carbocycles. The third-order valence-corrected chi connectivity index (χ3v) is 2.98. The number of ether oxygens (including phenoxy) is 2. The second-order valence-corrected chi connectivity index (χ2v) is 5.18. The van der Waals surface area contributed by atoms with E-state index in [0.29, 0.717) is 18.8 Å². The summed E-state index contributed by atoms with van der Waals surface area (Å²) in [6.07, 6.45) is 2.98. The first-order valence-electron chi connectivity index (χ1n) is 6.44. The van der Waals surface area contributed by atoms with E-state index in [-0.39, 0.29) is 0 Å². The molecule has 1 fully saturated rings. The van der Waals surface area contributed by atoms with E-state index in [1.807, 2.05) is 6.92 Å². The molecular formula is C13H24N2O2. The van der Waals surface area contributed by atoms with Gasteiger partial charge in [0.05, 0.1) is 12.2 Å². The van der Waals surface area contributed by atoms with E-state index >= 15 is 0 Å². The van der Waals surface area contributed by atoms with E-state index in [0.717, 1.165) is 32.5 Å². The Morgan fingerprint density at radius 3 is 2.65 bits per heavy atom. The Bertz CT molecular complexity index is 257. The minimum atomic E-state index is -0.487. The topological polar surface area (TPSA) is 54.3 Å². The van der Waals surface area contributed by atoms with Crippen molar-refractivity contribution in [3.63, 3.8) is 0 Å². The minimum absolute atomic E-state index is 0.308. The molecule has 0 aromatic carbocycles. The summed E-state index contributed by atoms with van der Waals surface area (Å²) in [6, 6.07) is 2.64. The summed E-state index contributed by atoms with van der Waals surface area (Å²) in [5, 5.41) is 12.5. The van der Waals surface area contributed by atoms with Crippen molar-refractivity contribution in [2.24, 2.45) is 0 Å². The standard InChI is InChI=1S/C13H24N2O2/c1-11(2)15-13(3,10-14)6-9-17-12-4-7-16-8-5-12/h11-12,15H,4-9H2,1-3H3. The summed E-state index contributed by atoms with van der Waals surface area (Å²) < 4.78 is 11.1. The molecule has 1 atom stereocenters. The van der Waals surface area contributed by atoms with Gasteiger partial charge in [0.2, 0.25) is 0 Å². The highest BCUT2D eigenvalue weighted by atomic mass is 16.5. The normalized spacial score (nSPS) is 21.1. The van der Waals surface area contributed by atoms with Crippen molar-refractivity contribution in [1.29, 1.82) is 5.26 Å². The van der Waals surface area contributed by atoms with Gasteiger partial charge in [0.1, 0.15) is 5.54 Å². The molecule has 0 aromatic heterocycles. The number of nitrogens with zero attached hydrogens (tertiary/aromatic N) is 1. The summed E-state index contributed by atoms with van der Waals surface area (Å²) in [7, 11) is 0. The van der Waals surface area contributed by atoms with Gasteiger partial charge in [0, 0.05) is 32.3 Å². The van der Waals surface area contributed by atoms with Crippen molar-refractivity contribution in [1.82, 2.24) is 5.32 Å². The molecule has 0 spiro atoms. The zero-order chi connectivity index (χ0) is 12.7. The summed E-state index contributed by atoms with van der Waals surface area (Å²) in [5.41, 5.74) is -0.487. The third-order valence-electron chi connectivity index (χ3n) is 2.98. The zero-order valence-electron chi connectivity index (χ0n) is 11.2. The highest BCUT2D eigenvalue weighted by molar-refractivity contribution is 5.04. The van der Waals surface area contributed by atoms with Crippen LogP contribution in [0, 0.1) is 11.3 Å². The molecule has 4 heteroatoms. The fourth-order valence-electron chi connectivity index (χ4n) is 2.07. The van der Waals surface area contributed by atoms with Gasteiger partial charge in [-0.15, -0.1) is 0 Å². The Kier molecular flexibility index (Phi) is 5.90. The predicted molar refractivity (Wildman–Crippen MR) is 66.7 cm³/mol. The highest BCUT2D eigenvalue weighted by Gasteiger charge is 2.25. The van der Waals surface area contributed by atoms with Crippen LogP contribution in [0.3, 0.4) is 0 Å². The van der Waals surface area contributed by atoms with Crippen LogP contribution >= 0.6 is 0 Å². The summed E-state index contributed by atoms with van der Waals surface area (Å²) in [4.78, 5) is 0. The van der Waals surface area contributed by atoms with Crippen LogP contribution in [0.2, 0.25) is 0 Å². The second-order valence-electron chi connectivity index (χ2n) is 5.18. The molecule has 17 heavy (non-hydrogen) atoms. The van der Waals surface area contributed by atoms with Gasteiger partial charge in [-0.25, -0.2) is 0 Å². The maximum atomic E-state index is 9.18. The van der Waals surface area contributed by atoms with Crippen LogP contribution in [0.4, 0.5) is 0 Å². The predicted octanol–water partition coefficient (Wildman–Crippen LogP) is 1.85. The van der Waals surface area contributed by atoms with Crippen LogP contribution in [0.5, 0.6) is 0 Å². The lowest BCUT2D eigenvalue weighted by molar-refractivity contribution is -0.0353. The quantitative estimate of drug-likeness (QED) is 0.770. The van der Waals surface area contributed by atoms with Crippen LogP contribution in [0.15, 0.2) is 0 Å². The number of hydrogen-bond donors (Lipinski definition) is 1. The van der Waals surface area contributed by atoms with Crippen LogP contribution in [-0.2, 0) is 9.47 Å². The first-order chi connectivity index (χ1) is 8.06. The second kappa shape index (κ2) is 6.95. The van der Waals surface area contributed by atoms with Crippen molar-refractivity contribution in [2.75, 3.05) is 19.8 Å². The minimum Gasteiger partial charge on any atom is -0.381 e. The number of rotatable bonds is 6. The van der Waals surface area contributed by atoms with E-state index < -0.39 is 5.54 Å². The van der Waals surface area contributed by atoms with E-state index in [9.17, 15) is 5.26 Å². The van der Waals surface area contributed by atoms with Gasteiger partial charge in [-0.2, -0.15) is 5.26 Å². The Hall–Kier alpha value is -0.630. The molecular weight excluding hydrogens is 216 g/mol. The Morgan fingerprint density at radius 2 is 2.12 bits per heavy atom. The lowest BCUT2D eigenvalue weighted by Gasteiger charge is -2.28. The first kappa shape index (κ1) is 14.4. The summed E-state index contributed by atoms with van der Waals surface area (Å²) >= 11 is 0. The Morgan fingerprint density at radius 1 is 1.47 bits per heavy atom. The van der Waals surface area contributed by atoms with Gasteiger partial charge in [-0.1, -0.05) is 0 Å². The molecule has 1 aliphatic heterocycles. The van der Waals surface area contributed by atoms with Gasteiger partial charge in [-0.3, -0.25) is 5.32 Å². The highest BCUT2D eigenvalue weighted by Crippen LogP contribution is 2.14. The maximum Gasteiger partial charge on any atom is 0.106 e. The smallest absolute Gasteiger partial charge is 0.106 e. The fourth-order valence-corrected chi connectivity index (χ4v) is 2.07. The molecule has 4 nitrogen and oxygen atoms in total. The molecule has 1 unspecified atom stereocenters. The van der Waals surface area contributed by atoms with E-state index in [2.05, 4.69) is 25.2 Å². The van der Waals surface area contributed by atoms with Crippen LogP contribution < -0.4 is 5.32 Å². The molecule has 98 valence electrons. The summed E-state index contributed by atoms with van der Waals surface area (Å²) in [6.45, 7) is 8.26. The van der Waals surface area contributed by atoms with Gasteiger partial charge in [0.15, 0.2) is 0 Å². The molecule has 0 bridgehead atoms. The average Bonchev–Trinajstić information content (AvgIpc) is 2.29. The molecule has 0 radical (unpaired) electrons. The maximum absolute atomic E-state index is 9.18. The van der Waals surface area contributed by atoms with E-state index in [4.69, 9.17) is 9.47 Å². The number of nitriles is 1. The SMILES string of the molecule is CC(C)NC(C)(C#N)CCOC1CCOCC1. The third kappa shape index (κ3) is 5.49. The van der Waals surface area contributed by atoms with Gasteiger partial charge in [-0.05, 0) is 33.6 Å². The monoisotopic (exact) mass is 240 g/mol. The van der Waals surface area contributed by atoms with Crippen molar-refractivity contribution in [3.8, 4) is 6.07 Å². The summed E-state index contributed by atoms with van der Waals surface area (Å²) in [5.74, 6) is 0. The zero-order valence-corrected chi connectivity index (χ0v) is 11.2. The molecule has 1 rings (SSSR count). The van der Waals surface area contributed by atoms with Crippen molar-refractivity contribution in [2.45, 2.75) is 57.7 Å². The average molecular weight is 240 g/mol. The largest absolute Gasteiger partial charge is 0.381 e. The molecule has 0 amide bonds. The van der Waals surface area contributed by atoms with Gasteiger partial charge in [0.25, 0.3) is 0 Å². The molecule has 0 saturated carbocycles. The van der Waals surface area contributed by atoms with Crippen LogP contribution in [-0.4, -0.2) is 37.5 Å². The lowest BCUT2D eigenvalue weighted by atomic mass is 9.99. The van der Waals surface area contributed by atoms with E-state index in [1.54, 1.807) is 0 Å². The lowest BCUT2D eigenvalue weighted by Crippen LogP contribution is -2.46. The van der Waals surface area contributed by atoms with Crippen LogP contribution in [0.1, 0.15) is 40.0 Å². The van der Waals surface area contributed by atoms with Crippen molar-refractivity contribution >= 4 is 0 Å². The Balaban J connectivity index is 2.25. The van der Waals surface area contributed by atoms with Crippen molar-refractivity contribution < 1.29 is 9.47 Å². The molecule has 0 aromatic rings. The molecule has 1 aliphatic rings. The number of hydrogen-bond acceptors (Lipinski definition) is 4. The van der Waals surface area contributed by atoms with E-state index in [1.165, 1.54) is 0 Å².